The number of carbonyl (C=O) groups excluding carboxylic acids is 2. The highest BCUT2D eigenvalue weighted by atomic mass is 35.5. The third kappa shape index (κ3) is 4.48. The molecule has 1 heterocycles. The molecule has 3 aromatic rings. The summed E-state index contributed by atoms with van der Waals surface area (Å²) in [5, 5.41) is 3.53. The Morgan fingerprint density at radius 3 is 2.63 bits per heavy atom. The Labute approximate surface area is 163 Å². The van der Waals surface area contributed by atoms with E-state index in [2.05, 4.69) is 5.32 Å². The average molecular weight is 406 g/mol. The third-order valence-electron chi connectivity index (χ3n) is 3.62. The van der Waals surface area contributed by atoms with E-state index in [0.717, 1.165) is 11.6 Å². The molecule has 0 aliphatic rings. The highest BCUT2D eigenvalue weighted by molar-refractivity contribution is 6.36. The second-order valence-electron chi connectivity index (χ2n) is 5.72. The van der Waals surface area contributed by atoms with Crippen LogP contribution in [0.1, 0.15) is 16.1 Å². The van der Waals surface area contributed by atoms with Crippen LogP contribution in [0.4, 0.5) is 5.69 Å². The number of rotatable bonds is 4. The molecule has 0 atom stereocenters. The molecule has 0 spiro atoms. The number of fused-ring (bicyclic) bond motifs is 1. The number of ether oxygens (including phenoxy) is 1. The zero-order chi connectivity index (χ0) is 19.6. The second kappa shape index (κ2) is 7.82. The number of benzene rings is 2. The lowest BCUT2D eigenvalue weighted by Crippen LogP contribution is -2.21. The first-order valence-electron chi connectivity index (χ1n) is 7.80. The molecule has 138 valence electrons. The van der Waals surface area contributed by atoms with Crippen molar-refractivity contribution in [1.82, 2.24) is 0 Å². The molecule has 2 aromatic carbocycles. The minimum absolute atomic E-state index is 0.248. The number of esters is 1. The number of hydrogen-bond acceptors (Lipinski definition) is 5. The summed E-state index contributed by atoms with van der Waals surface area (Å²) in [6.07, 6.45) is 0. The van der Waals surface area contributed by atoms with Crippen molar-refractivity contribution in [3.63, 3.8) is 0 Å². The van der Waals surface area contributed by atoms with E-state index in [1.54, 1.807) is 24.3 Å². The van der Waals surface area contributed by atoms with Gasteiger partial charge >= 0.3 is 5.97 Å². The van der Waals surface area contributed by atoms with E-state index in [4.69, 9.17) is 32.4 Å². The molecule has 0 aliphatic carbocycles. The van der Waals surface area contributed by atoms with Crippen LogP contribution in [0.3, 0.4) is 0 Å². The van der Waals surface area contributed by atoms with Crippen molar-refractivity contribution in [2.45, 2.75) is 6.92 Å². The number of carbonyl (C=O) groups is 2. The normalized spacial score (nSPS) is 10.6. The molecule has 1 aromatic heterocycles. The summed E-state index contributed by atoms with van der Waals surface area (Å²) in [5.74, 6) is -1.81. The number of hydrogen-bond donors (Lipinski definition) is 1. The predicted octanol–water partition coefficient (Wildman–Crippen LogP) is 4.20. The van der Waals surface area contributed by atoms with Crippen LogP contribution in [0.2, 0.25) is 10.0 Å². The van der Waals surface area contributed by atoms with Crippen molar-refractivity contribution in [3.05, 3.63) is 74.1 Å². The molecule has 0 unspecified atom stereocenters. The van der Waals surface area contributed by atoms with E-state index in [0.29, 0.717) is 16.1 Å². The quantitative estimate of drug-likeness (QED) is 0.657. The Morgan fingerprint density at radius 2 is 1.89 bits per heavy atom. The summed E-state index contributed by atoms with van der Waals surface area (Å²) in [4.78, 5) is 36.2. The molecule has 0 aliphatic heterocycles. The van der Waals surface area contributed by atoms with Crippen molar-refractivity contribution in [2.24, 2.45) is 0 Å². The second-order valence-corrected chi connectivity index (χ2v) is 6.57. The molecule has 0 bridgehead atoms. The Balaban J connectivity index is 1.68. The fraction of sp³-hybridized carbons (Fsp3) is 0.105. The molecule has 3 rings (SSSR count). The summed E-state index contributed by atoms with van der Waals surface area (Å²) in [6, 6.07) is 10.6. The van der Waals surface area contributed by atoms with Gasteiger partial charge in [0.25, 0.3) is 5.91 Å². The van der Waals surface area contributed by atoms with Crippen LogP contribution in [-0.2, 0) is 9.53 Å². The van der Waals surface area contributed by atoms with E-state index in [1.807, 2.05) is 6.92 Å². The van der Waals surface area contributed by atoms with Crippen LogP contribution >= 0.6 is 23.2 Å². The standard InChI is InChI=1S/C19H13Cl2NO5/c1-10-2-5-16-12(6-10)15(23)8-17(27-16)19(25)26-9-18(24)22-14-4-3-11(20)7-13(14)21/h2-8H,9H2,1H3,(H,22,24). The zero-order valence-corrected chi connectivity index (χ0v) is 15.6. The molecular weight excluding hydrogens is 393 g/mol. The van der Waals surface area contributed by atoms with Gasteiger partial charge in [-0.25, -0.2) is 4.79 Å². The van der Waals surface area contributed by atoms with Gasteiger partial charge < -0.3 is 14.5 Å². The van der Waals surface area contributed by atoms with Gasteiger partial charge in [0.15, 0.2) is 12.0 Å². The molecule has 0 saturated heterocycles. The predicted molar refractivity (Wildman–Crippen MR) is 103 cm³/mol. The van der Waals surface area contributed by atoms with Crippen molar-refractivity contribution in [3.8, 4) is 0 Å². The molecule has 0 saturated carbocycles. The van der Waals surface area contributed by atoms with Crippen LogP contribution in [0.25, 0.3) is 11.0 Å². The number of nitrogens with one attached hydrogen (secondary N) is 1. The maximum absolute atomic E-state index is 12.1. The first-order chi connectivity index (χ1) is 12.8. The third-order valence-corrected chi connectivity index (χ3v) is 4.17. The monoisotopic (exact) mass is 405 g/mol. The van der Waals surface area contributed by atoms with Gasteiger partial charge in [0.2, 0.25) is 5.76 Å². The smallest absolute Gasteiger partial charge is 0.374 e. The molecule has 0 radical (unpaired) electrons. The molecule has 1 N–H and O–H groups in total. The largest absolute Gasteiger partial charge is 0.450 e. The fourth-order valence-corrected chi connectivity index (χ4v) is 2.81. The summed E-state index contributed by atoms with van der Waals surface area (Å²) in [7, 11) is 0. The topological polar surface area (TPSA) is 85.6 Å². The zero-order valence-electron chi connectivity index (χ0n) is 14.0. The van der Waals surface area contributed by atoms with Gasteiger partial charge in [-0.2, -0.15) is 0 Å². The van der Waals surface area contributed by atoms with Crippen molar-refractivity contribution in [1.29, 1.82) is 0 Å². The highest BCUT2D eigenvalue weighted by Gasteiger charge is 2.16. The molecule has 6 nitrogen and oxygen atoms in total. The van der Waals surface area contributed by atoms with Gasteiger partial charge in [-0.3, -0.25) is 9.59 Å². The van der Waals surface area contributed by atoms with Gasteiger partial charge in [0.1, 0.15) is 5.58 Å². The maximum Gasteiger partial charge on any atom is 0.374 e. The van der Waals surface area contributed by atoms with Crippen LogP contribution in [-0.4, -0.2) is 18.5 Å². The van der Waals surface area contributed by atoms with Crippen LogP contribution in [0.5, 0.6) is 0 Å². The number of halogens is 2. The highest BCUT2D eigenvalue weighted by Crippen LogP contribution is 2.25. The lowest BCUT2D eigenvalue weighted by molar-refractivity contribution is -0.119. The van der Waals surface area contributed by atoms with Gasteiger partial charge in [-0.15, -0.1) is 0 Å². The first kappa shape index (κ1) is 18.9. The van der Waals surface area contributed by atoms with Crippen LogP contribution < -0.4 is 10.7 Å². The molecule has 0 fully saturated rings. The SMILES string of the molecule is Cc1ccc2oc(C(=O)OCC(=O)Nc3ccc(Cl)cc3Cl)cc(=O)c2c1. The Bertz CT molecular complexity index is 1110. The lowest BCUT2D eigenvalue weighted by Gasteiger charge is -2.08. The summed E-state index contributed by atoms with van der Waals surface area (Å²) in [5.41, 5.74) is 1.11. The van der Waals surface area contributed by atoms with Crippen molar-refractivity contribution in [2.75, 3.05) is 11.9 Å². The Hall–Kier alpha value is -2.83. The summed E-state index contributed by atoms with van der Waals surface area (Å²) >= 11 is 11.7. The van der Waals surface area contributed by atoms with Crippen LogP contribution in [0.15, 0.2) is 51.7 Å². The number of amides is 1. The van der Waals surface area contributed by atoms with Gasteiger partial charge in [-0.1, -0.05) is 34.8 Å². The molecule has 1 amide bonds. The number of anilines is 1. The summed E-state index contributed by atoms with van der Waals surface area (Å²) in [6.45, 7) is 1.26. The minimum Gasteiger partial charge on any atom is -0.450 e. The Kier molecular flexibility index (Phi) is 5.48. The molecular formula is C19H13Cl2NO5. The summed E-state index contributed by atoms with van der Waals surface area (Å²) < 4.78 is 10.3. The lowest BCUT2D eigenvalue weighted by atomic mass is 10.1. The first-order valence-corrected chi connectivity index (χ1v) is 8.55. The molecule has 27 heavy (non-hydrogen) atoms. The van der Waals surface area contributed by atoms with Crippen LogP contribution in [0, 0.1) is 6.92 Å². The minimum atomic E-state index is -0.924. The van der Waals surface area contributed by atoms with Crippen molar-refractivity contribution < 1.29 is 18.7 Å². The van der Waals surface area contributed by atoms with E-state index in [1.165, 1.54) is 12.1 Å². The average Bonchev–Trinajstić information content (AvgIpc) is 2.62. The van der Waals surface area contributed by atoms with Crippen molar-refractivity contribution >= 4 is 51.7 Å². The number of aryl methyl sites for hydroxylation is 1. The van der Waals surface area contributed by atoms with E-state index in [-0.39, 0.29) is 21.8 Å². The van der Waals surface area contributed by atoms with E-state index < -0.39 is 18.5 Å². The Morgan fingerprint density at radius 1 is 1.11 bits per heavy atom. The van der Waals surface area contributed by atoms with Gasteiger partial charge in [0.05, 0.1) is 16.1 Å². The molecule has 8 heteroatoms. The van der Waals surface area contributed by atoms with E-state index >= 15 is 0 Å². The fourth-order valence-electron chi connectivity index (χ4n) is 2.35. The van der Waals surface area contributed by atoms with E-state index in [9.17, 15) is 14.4 Å². The van der Waals surface area contributed by atoms with Gasteiger partial charge in [0, 0.05) is 11.1 Å². The maximum atomic E-state index is 12.1. The van der Waals surface area contributed by atoms with Gasteiger partial charge in [-0.05, 0) is 37.3 Å².